The van der Waals surface area contributed by atoms with Crippen molar-refractivity contribution in [3.63, 3.8) is 0 Å². The summed E-state index contributed by atoms with van der Waals surface area (Å²) in [6.45, 7) is 0. The van der Waals surface area contributed by atoms with E-state index in [1.165, 1.54) is 0 Å². The monoisotopic (exact) mass is 222 g/mol. The van der Waals surface area contributed by atoms with Crippen LogP contribution in [0.2, 0.25) is 0 Å². The molecule has 0 amide bonds. The Morgan fingerprint density at radius 1 is 1.00 bits per heavy atom. The second-order valence-corrected chi connectivity index (χ2v) is 0.914. The molecule has 2 nitrogen and oxygen atoms in total. The standard InChI is InChI=1S/C4H4N2.CH3I/c1-2-4-6-5-3-1;1-2/h1-4H;1H3. The van der Waals surface area contributed by atoms with Gasteiger partial charge < -0.3 is 0 Å². The molecule has 0 fully saturated rings. The van der Waals surface area contributed by atoms with Gasteiger partial charge in [0.2, 0.25) is 0 Å². The Balaban J connectivity index is 0.000000222. The third-order valence-corrected chi connectivity index (χ3v) is 0.483. The van der Waals surface area contributed by atoms with Gasteiger partial charge in [-0.2, -0.15) is 10.2 Å². The van der Waals surface area contributed by atoms with E-state index in [4.69, 9.17) is 0 Å². The predicted molar refractivity (Wildman–Crippen MR) is 42.0 cm³/mol. The largest absolute Gasteiger partial charge is 0.159 e. The van der Waals surface area contributed by atoms with Gasteiger partial charge in [0, 0.05) is 12.4 Å². The van der Waals surface area contributed by atoms with Crippen molar-refractivity contribution in [1.82, 2.24) is 10.2 Å². The molecular weight excluding hydrogens is 215 g/mol. The molecule has 0 spiro atoms. The molecule has 0 saturated carbocycles. The molecule has 1 aromatic heterocycles. The zero-order valence-electron chi connectivity index (χ0n) is 4.58. The van der Waals surface area contributed by atoms with E-state index >= 15 is 0 Å². The maximum Gasteiger partial charge on any atom is 0.0496 e. The van der Waals surface area contributed by atoms with E-state index in [0.717, 1.165) is 0 Å². The van der Waals surface area contributed by atoms with E-state index in [1.54, 1.807) is 12.4 Å². The zero-order valence-corrected chi connectivity index (χ0v) is 6.74. The molecule has 1 rings (SSSR count). The van der Waals surface area contributed by atoms with Crippen LogP contribution in [0.1, 0.15) is 0 Å². The summed E-state index contributed by atoms with van der Waals surface area (Å²) < 4.78 is 0. The van der Waals surface area contributed by atoms with E-state index in [2.05, 4.69) is 32.8 Å². The van der Waals surface area contributed by atoms with Gasteiger partial charge in [-0.1, -0.05) is 22.6 Å². The molecule has 3 heteroatoms. The molecule has 0 radical (unpaired) electrons. The zero-order chi connectivity index (χ0) is 6.24. The van der Waals surface area contributed by atoms with Crippen molar-refractivity contribution in [2.45, 2.75) is 0 Å². The van der Waals surface area contributed by atoms with Gasteiger partial charge in [0.25, 0.3) is 0 Å². The fourth-order valence-electron chi connectivity index (χ4n) is 0.253. The molecule has 0 aliphatic rings. The van der Waals surface area contributed by atoms with Crippen molar-refractivity contribution in [2.75, 3.05) is 4.93 Å². The summed E-state index contributed by atoms with van der Waals surface area (Å²) in [4.78, 5) is 1.97. The Hall–Kier alpha value is -0.190. The minimum Gasteiger partial charge on any atom is -0.159 e. The van der Waals surface area contributed by atoms with Crippen molar-refractivity contribution in [3.8, 4) is 0 Å². The molecule has 1 heterocycles. The molecule has 8 heavy (non-hydrogen) atoms. The number of rotatable bonds is 0. The third kappa shape index (κ3) is 3.98. The molecule has 0 aromatic carbocycles. The summed E-state index contributed by atoms with van der Waals surface area (Å²) in [5.41, 5.74) is 0. The van der Waals surface area contributed by atoms with Crippen molar-refractivity contribution in [1.29, 1.82) is 0 Å². The van der Waals surface area contributed by atoms with Crippen LogP contribution in [0, 0.1) is 0 Å². The van der Waals surface area contributed by atoms with Crippen molar-refractivity contribution >= 4 is 22.6 Å². The Morgan fingerprint density at radius 3 is 1.50 bits per heavy atom. The average Bonchev–Trinajstić information content (AvgIpc) is 1.96. The first-order chi connectivity index (χ1) is 4.00. The third-order valence-electron chi connectivity index (χ3n) is 0.483. The SMILES string of the molecule is CI.c1ccnnc1. The van der Waals surface area contributed by atoms with Gasteiger partial charge in [-0.15, -0.1) is 0 Å². The van der Waals surface area contributed by atoms with Crippen LogP contribution in [0.5, 0.6) is 0 Å². The summed E-state index contributed by atoms with van der Waals surface area (Å²) >= 11 is 2.15. The van der Waals surface area contributed by atoms with Gasteiger partial charge in [-0.3, -0.25) is 0 Å². The van der Waals surface area contributed by atoms with Gasteiger partial charge >= 0.3 is 0 Å². The molecule has 44 valence electrons. The van der Waals surface area contributed by atoms with Crippen LogP contribution < -0.4 is 0 Å². The predicted octanol–water partition coefficient (Wildman–Crippen LogP) is 1.53. The van der Waals surface area contributed by atoms with Gasteiger partial charge in [0.1, 0.15) is 0 Å². The number of nitrogens with zero attached hydrogens (tertiary/aromatic N) is 2. The fraction of sp³-hybridized carbons (Fsp3) is 0.200. The lowest BCUT2D eigenvalue weighted by molar-refractivity contribution is 1.03. The second kappa shape index (κ2) is 6.81. The van der Waals surface area contributed by atoms with Crippen LogP contribution in [-0.4, -0.2) is 15.1 Å². The minimum absolute atomic E-state index is 1.64. The fourth-order valence-corrected chi connectivity index (χ4v) is 0.253. The molecule has 0 N–H and O–H groups in total. The van der Waals surface area contributed by atoms with Crippen molar-refractivity contribution in [2.24, 2.45) is 0 Å². The van der Waals surface area contributed by atoms with E-state index in [9.17, 15) is 0 Å². The molecule has 0 unspecified atom stereocenters. The number of hydrogen-bond donors (Lipinski definition) is 0. The lowest BCUT2D eigenvalue weighted by Gasteiger charge is -1.69. The van der Waals surface area contributed by atoms with Crippen LogP contribution in [0.25, 0.3) is 0 Å². The Kier molecular flexibility index (Phi) is 6.65. The van der Waals surface area contributed by atoms with Crippen LogP contribution in [0.3, 0.4) is 0 Å². The smallest absolute Gasteiger partial charge is 0.0496 e. The highest BCUT2D eigenvalue weighted by molar-refractivity contribution is 14.1. The molecular formula is C5H7IN2. The number of aromatic nitrogens is 2. The summed E-state index contributed by atoms with van der Waals surface area (Å²) in [5.74, 6) is 0. The van der Waals surface area contributed by atoms with Gasteiger partial charge in [-0.05, 0) is 17.1 Å². The lowest BCUT2D eigenvalue weighted by Crippen LogP contribution is -1.69. The summed E-state index contributed by atoms with van der Waals surface area (Å²) in [6, 6.07) is 3.65. The topological polar surface area (TPSA) is 25.8 Å². The molecule has 0 saturated heterocycles. The van der Waals surface area contributed by atoms with E-state index in [0.29, 0.717) is 0 Å². The van der Waals surface area contributed by atoms with Gasteiger partial charge in [0.05, 0.1) is 0 Å². The highest BCUT2D eigenvalue weighted by atomic mass is 127. The Labute approximate surface area is 62.5 Å². The molecule has 0 aliphatic heterocycles. The summed E-state index contributed by atoms with van der Waals surface area (Å²) in [6.07, 6.45) is 3.28. The first kappa shape index (κ1) is 7.81. The molecule has 0 atom stereocenters. The van der Waals surface area contributed by atoms with Crippen molar-refractivity contribution < 1.29 is 0 Å². The van der Waals surface area contributed by atoms with E-state index in [1.807, 2.05) is 17.1 Å². The van der Waals surface area contributed by atoms with Gasteiger partial charge in [0.15, 0.2) is 0 Å². The first-order valence-electron chi connectivity index (χ1n) is 2.09. The Morgan fingerprint density at radius 2 is 1.38 bits per heavy atom. The molecule has 1 aromatic rings. The van der Waals surface area contributed by atoms with Crippen LogP contribution in [0.15, 0.2) is 24.5 Å². The number of hydrogen-bond acceptors (Lipinski definition) is 2. The highest BCUT2D eigenvalue weighted by Crippen LogP contribution is 1.68. The van der Waals surface area contributed by atoms with E-state index < -0.39 is 0 Å². The first-order valence-corrected chi connectivity index (χ1v) is 4.25. The van der Waals surface area contributed by atoms with Crippen LogP contribution in [-0.2, 0) is 0 Å². The summed E-state index contributed by atoms with van der Waals surface area (Å²) in [5, 5.41) is 7.07. The van der Waals surface area contributed by atoms with Crippen LogP contribution >= 0.6 is 22.6 Å². The summed E-state index contributed by atoms with van der Waals surface area (Å²) in [7, 11) is 0. The number of halogens is 1. The average molecular weight is 222 g/mol. The number of alkyl halides is 1. The lowest BCUT2D eigenvalue weighted by atomic mass is 10.6. The second-order valence-electron chi connectivity index (χ2n) is 0.914. The minimum atomic E-state index is 1.64. The highest BCUT2D eigenvalue weighted by Gasteiger charge is 1.59. The van der Waals surface area contributed by atoms with E-state index in [-0.39, 0.29) is 0 Å². The maximum absolute atomic E-state index is 3.53. The maximum atomic E-state index is 3.53. The molecule has 0 aliphatic carbocycles. The van der Waals surface area contributed by atoms with Crippen LogP contribution in [0.4, 0.5) is 0 Å². The Bertz CT molecular complexity index is 82.4. The molecule has 0 bridgehead atoms. The van der Waals surface area contributed by atoms with Crippen molar-refractivity contribution in [3.05, 3.63) is 24.5 Å². The van der Waals surface area contributed by atoms with Gasteiger partial charge in [-0.25, -0.2) is 0 Å². The quantitative estimate of drug-likeness (QED) is 0.491. The normalized spacial score (nSPS) is 6.75.